The highest BCUT2D eigenvalue weighted by Gasteiger charge is 2.13. The van der Waals surface area contributed by atoms with Crippen LogP contribution in [-0.2, 0) is 5.75 Å². The van der Waals surface area contributed by atoms with Crippen LogP contribution in [0.25, 0.3) is 0 Å². The molecule has 3 nitrogen and oxygen atoms in total. The van der Waals surface area contributed by atoms with Crippen molar-refractivity contribution in [1.29, 1.82) is 0 Å². The second-order valence-corrected chi connectivity index (χ2v) is 6.46. The standard InChI is InChI=1S/C16H18N2OS2/c1-11-5-3-6-12(9-11)10-21-14-8-4-7-13(20-2)15(14)16(17)18-19/h3-9,19H,10H2,1-2H3,(H2,17,18). The third kappa shape index (κ3) is 3.95. The highest BCUT2D eigenvalue weighted by atomic mass is 32.2. The Balaban J connectivity index is 2.27. The first-order valence-electron chi connectivity index (χ1n) is 6.49. The van der Waals surface area contributed by atoms with Crippen LogP contribution in [0.2, 0.25) is 0 Å². The normalized spacial score (nSPS) is 11.6. The summed E-state index contributed by atoms with van der Waals surface area (Å²) in [7, 11) is 0. The number of thioether (sulfide) groups is 2. The van der Waals surface area contributed by atoms with Gasteiger partial charge in [-0.25, -0.2) is 0 Å². The topological polar surface area (TPSA) is 58.6 Å². The number of aryl methyl sites for hydroxylation is 1. The van der Waals surface area contributed by atoms with Gasteiger partial charge in [0.05, 0.1) is 0 Å². The maximum absolute atomic E-state index is 9.00. The average Bonchev–Trinajstić information content (AvgIpc) is 2.51. The van der Waals surface area contributed by atoms with E-state index in [1.54, 1.807) is 23.5 Å². The molecule has 2 aromatic rings. The molecule has 0 amide bonds. The zero-order valence-electron chi connectivity index (χ0n) is 12.0. The van der Waals surface area contributed by atoms with Gasteiger partial charge in [-0.1, -0.05) is 41.1 Å². The Hall–Kier alpha value is -1.59. The van der Waals surface area contributed by atoms with E-state index in [0.717, 1.165) is 21.1 Å². The summed E-state index contributed by atoms with van der Waals surface area (Å²) in [6.07, 6.45) is 1.98. The highest BCUT2D eigenvalue weighted by Crippen LogP contribution is 2.32. The summed E-state index contributed by atoms with van der Waals surface area (Å²) in [4.78, 5) is 2.04. The molecule has 2 aromatic carbocycles. The van der Waals surface area contributed by atoms with E-state index in [0.29, 0.717) is 0 Å². The van der Waals surface area contributed by atoms with Crippen molar-refractivity contribution in [2.24, 2.45) is 10.9 Å². The maximum Gasteiger partial charge on any atom is 0.172 e. The molecule has 0 fully saturated rings. The second kappa shape index (κ2) is 7.43. The van der Waals surface area contributed by atoms with Crippen molar-refractivity contribution in [3.8, 4) is 0 Å². The van der Waals surface area contributed by atoms with E-state index in [1.165, 1.54) is 11.1 Å². The van der Waals surface area contributed by atoms with Crippen LogP contribution in [0.5, 0.6) is 0 Å². The Morgan fingerprint density at radius 1 is 1.19 bits per heavy atom. The van der Waals surface area contributed by atoms with Gasteiger partial charge in [0.1, 0.15) is 0 Å². The van der Waals surface area contributed by atoms with Gasteiger partial charge in [-0.2, -0.15) is 0 Å². The molecule has 0 spiro atoms. The summed E-state index contributed by atoms with van der Waals surface area (Å²) in [5.41, 5.74) is 9.16. The molecule has 0 aliphatic carbocycles. The predicted octanol–water partition coefficient (Wildman–Crippen LogP) is 4.10. The van der Waals surface area contributed by atoms with Gasteiger partial charge in [-0.05, 0) is 30.9 Å². The number of rotatable bonds is 5. The minimum atomic E-state index is 0.159. The van der Waals surface area contributed by atoms with Crippen molar-refractivity contribution in [3.05, 3.63) is 59.2 Å². The summed E-state index contributed by atoms with van der Waals surface area (Å²) in [5, 5.41) is 12.2. The predicted molar refractivity (Wildman–Crippen MR) is 91.5 cm³/mol. The number of nitrogens with zero attached hydrogens (tertiary/aromatic N) is 1. The van der Waals surface area contributed by atoms with E-state index in [1.807, 2.05) is 24.5 Å². The summed E-state index contributed by atoms with van der Waals surface area (Å²) in [6.45, 7) is 2.09. The lowest BCUT2D eigenvalue weighted by molar-refractivity contribution is 0.318. The van der Waals surface area contributed by atoms with Crippen LogP contribution >= 0.6 is 23.5 Å². The first-order chi connectivity index (χ1) is 10.2. The van der Waals surface area contributed by atoms with Crippen molar-refractivity contribution in [2.45, 2.75) is 22.5 Å². The van der Waals surface area contributed by atoms with Crippen LogP contribution in [0.15, 0.2) is 57.4 Å². The summed E-state index contributed by atoms with van der Waals surface area (Å²) in [6, 6.07) is 14.4. The van der Waals surface area contributed by atoms with Gasteiger partial charge in [-0.15, -0.1) is 23.5 Å². The Bertz CT molecular complexity index is 656. The van der Waals surface area contributed by atoms with Crippen molar-refractivity contribution >= 4 is 29.4 Å². The molecule has 0 aromatic heterocycles. The number of amidine groups is 1. The van der Waals surface area contributed by atoms with Crippen molar-refractivity contribution < 1.29 is 5.21 Å². The maximum atomic E-state index is 9.00. The van der Waals surface area contributed by atoms with Gasteiger partial charge in [0.2, 0.25) is 0 Å². The fourth-order valence-electron chi connectivity index (χ4n) is 2.07. The summed E-state index contributed by atoms with van der Waals surface area (Å²) < 4.78 is 0. The van der Waals surface area contributed by atoms with E-state index < -0.39 is 0 Å². The largest absolute Gasteiger partial charge is 0.409 e. The van der Waals surface area contributed by atoms with E-state index >= 15 is 0 Å². The summed E-state index contributed by atoms with van der Waals surface area (Å²) >= 11 is 3.29. The monoisotopic (exact) mass is 318 g/mol. The zero-order valence-corrected chi connectivity index (χ0v) is 13.7. The quantitative estimate of drug-likeness (QED) is 0.286. The fourth-order valence-corrected chi connectivity index (χ4v) is 3.80. The highest BCUT2D eigenvalue weighted by molar-refractivity contribution is 7.99. The number of hydrogen-bond donors (Lipinski definition) is 2. The third-order valence-electron chi connectivity index (χ3n) is 3.05. The molecule has 3 N–H and O–H groups in total. The number of nitrogens with two attached hydrogens (primary N) is 1. The lowest BCUT2D eigenvalue weighted by atomic mass is 10.2. The molecule has 0 radical (unpaired) electrons. The van der Waals surface area contributed by atoms with Gasteiger partial charge in [0, 0.05) is 21.1 Å². The van der Waals surface area contributed by atoms with Crippen LogP contribution in [0.3, 0.4) is 0 Å². The Labute approximate surface area is 133 Å². The molecular formula is C16H18N2OS2. The molecule has 0 bridgehead atoms. The fraction of sp³-hybridized carbons (Fsp3) is 0.188. The minimum absolute atomic E-state index is 0.159. The average molecular weight is 318 g/mol. The molecule has 0 heterocycles. The van der Waals surface area contributed by atoms with Crippen molar-refractivity contribution in [1.82, 2.24) is 0 Å². The van der Waals surface area contributed by atoms with E-state index in [4.69, 9.17) is 10.9 Å². The molecule has 0 saturated carbocycles. The van der Waals surface area contributed by atoms with Gasteiger partial charge >= 0.3 is 0 Å². The van der Waals surface area contributed by atoms with Gasteiger partial charge in [0.25, 0.3) is 0 Å². The van der Waals surface area contributed by atoms with Crippen molar-refractivity contribution in [2.75, 3.05) is 6.26 Å². The first kappa shape index (κ1) is 15.8. The first-order valence-corrected chi connectivity index (χ1v) is 8.70. The SMILES string of the molecule is CSc1cccc(SCc2cccc(C)c2)c1/C(N)=N/O. The smallest absolute Gasteiger partial charge is 0.172 e. The van der Waals surface area contributed by atoms with Crippen LogP contribution in [0.1, 0.15) is 16.7 Å². The Morgan fingerprint density at radius 3 is 2.57 bits per heavy atom. The van der Waals surface area contributed by atoms with Gasteiger partial charge < -0.3 is 10.9 Å². The van der Waals surface area contributed by atoms with E-state index in [9.17, 15) is 0 Å². The molecule has 21 heavy (non-hydrogen) atoms. The molecular weight excluding hydrogens is 300 g/mol. The van der Waals surface area contributed by atoms with Crippen LogP contribution in [0, 0.1) is 6.92 Å². The molecule has 0 unspecified atom stereocenters. The third-order valence-corrected chi connectivity index (χ3v) is 4.96. The van der Waals surface area contributed by atoms with Crippen molar-refractivity contribution in [3.63, 3.8) is 0 Å². The molecule has 110 valence electrons. The molecule has 0 atom stereocenters. The minimum Gasteiger partial charge on any atom is -0.409 e. The van der Waals surface area contributed by atoms with Crippen LogP contribution in [-0.4, -0.2) is 17.3 Å². The number of oxime groups is 1. The molecule has 2 rings (SSSR count). The summed E-state index contributed by atoms with van der Waals surface area (Å²) in [5.74, 6) is 1.01. The Kier molecular flexibility index (Phi) is 5.59. The van der Waals surface area contributed by atoms with Crippen LogP contribution in [0.4, 0.5) is 0 Å². The van der Waals surface area contributed by atoms with E-state index in [-0.39, 0.29) is 5.84 Å². The molecule has 5 heteroatoms. The van der Waals surface area contributed by atoms with E-state index in [2.05, 4.69) is 36.3 Å². The number of hydrogen-bond acceptors (Lipinski definition) is 4. The van der Waals surface area contributed by atoms with Gasteiger partial charge in [-0.3, -0.25) is 0 Å². The second-order valence-electron chi connectivity index (χ2n) is 4.60. The molecule has 0 aliphatic heterocycles. The number of benzene rings is 2. The Morgan fingerprint density at radius 2 is 1.90 bits per heavy atom. The van der Waals surface area contributed by atoms with Crippen LogP contribution < -0.4 is 5.73 Å². The molecule has 0 aliphatic rings. The lowest BCUT2D eigenvalue weighted by Gasteiger charge is -2.12. The lowest BCUT2D eigenvalue weighted by Crippen LogP contribution is -2.15. The molecule has 0 saturated heterocycles. The zero-order chi connectivity index (χ0) is 15.2. The van der Waals surface area contributed by atoms with Gasteiger partial charge in [0.15, 0.2) is 5.84 Å².